The van der Waals surface area contributed by atoms with Gasteiger partial charge in [0.1, 0.15) is 36.2 Å². The van der Waals surface area contributed by atoms with E-state index in [9.17, 15) is 10.2 Å². The summed E-state index contributed by atoms with van der Waals surface area (Å²) >= 11 is 0. The summed E-state index contributed by atoms with van der Waals surface area (Å²) in [5.74, 6) is 5.02. The SMILES string of the molecule is CCCCCc1cc(O)c(CC[C@@H](C)CCCC(C)C)c(OCCO)c1.CCCCCc1cc(O)c(CC[C@H](C)CCCC(C)C)c(OCCO)c1. The van der Waals surface area contributed by atoms with Crippen LogP contribution in [0.4, 0.5) is 0 Å². The minimum absolute atomic E-state index is 0.00807. The maximum Gasteiger partial charge on any atom is 0.126 e. The zero-order chi connectivity index (χ0) is 38.7. The molecule has 2 rings (SSSR count). The summed E-state index contributed by atoms with van der Waals surface area (Å²) in [7, 11) is 0. The molecule has 4 N–H and O–H groups in total. The van der Waals surface area contributed by atoms with Gasteiger partial charge < -0.3 is 29.9 Å². The predicted molar refractivity (Wildman–Crippen MR) is 220 cm³/mol. The van der Waals surface area contributed by atoms with Crippen LogP contribution in [0.15, 0.2) is 24.3 Å². The van der Waals surface area contributed by atoms with Crippen LogP contribution in [0.2, 0.25) is 0 Å². The maximum atomic E-state index is 10.5. The molecule has 0 saturated heterocycles. The van der Waals surface area contributed by atoms with Crippen molar-refractivity contribution in [2.24, 2.45) is 23.7 Å². The Kier molecular flexibility index (Phi) is 26.5. The summed E-state index contributed by atoms with van der Waals surface area (Å²) in [6.45, 7) is 18.6. The fourth-order valence-electron chi connectivity index (χ4n) is 6.71. The average molecular weight is 729 g/mol. The first-order chi connectivity index (χ1) is 24.9. The number of aromatic hydroxyl groups is 2. The molecule has 0 spiro atoms. The molecule has 0 aromatic heterocycles. The number of aryl methyl sites for hydroxylation is 2. The van der Waals surface area contributed by atoms with E-state index in [0.29, 0.717) is 23.3 Å². The number of unbranched alkanes of at least 4 members (excludes halogenated alkanes) is 4. The van der Waals surface area contributed by atoms with E-state index in [2.05, 4.69) is 67.5 Å². The van der Waals surface area contributed by atoms with Crippen molar-refractivity contribution in [1.82, 2.24) is 0 Å². The van der Waals surface area contributed by atoms with Gasteiger partial charge in [0.2, 0.25) is 0 Å². The maximum absolute atomic E-state index is 10.5. The molecule has 0 bridgehead atoms. The van der Waals surface area contributed by atoms with Gasteiger partial charge in [0, 0.05) is 11.1 Å². The number of phenols is 2. The van der Waals surface area contributed by atoms with Gasteiger partial charge in [-0.15, -0.1) is 0 Å². The minimum Gasteiger partial charge on any atom is -0.508 e. The van der Waals surface area contributed by atoms with Gasteiger partial charge in [0.15, 0.2) is 0 Å². The monoisotopic (exact) mass is 729 g/mol. The fourth-order valence-corrected chi connectivity index (χ4v) is 6.71. The molecule has 0 aliphatic rings. The van der Waals surface area contributed by atoms with E-state index in [1.165, 1.54) is 64.2 Å². The molecule has 0 heterocycles. The number of rotatable bonds is 28. The van der Waals surface area contributed by atoms with Gasteiger partial charge in [0.25, 0.3) is 0 Å². The number of phenolic OH excluding ortho intramolecular Hbond substituents is 2. The Morgan fingerprint density at radius 1 is 0.481 bits per heavy atom. The Morgan fingerprint density at radius 3 is 1.19 bits per heavy atom. The number of benzene rings is 2. The predicted octanol–water partition coefficient (Wildman–Crippen LogP) is 11.8. The van der Waals surface area contributed by atoms with Crippen LogP contribution < -0.4 is 9.47 Å². The molecule has 0 fully saturated rings. The van der Waals surface area contributed by atoms with E-state index in [1.54, 1.807) is 0 Å². The third-order valence-corrected chi connectivity index (χ3v) is 10.1. The van der Waals surface area contributed by atoms with Crippen molar-refractivity contribution in [1.29, 1.82) is 0 Å². The lowest BCUT2D eigenvalue weighted by atomic mass is 9.93. The highest BCUT2D eigenvalue weighted by Gasteiger charge is 2.16. The molecule has 0 radical (unpaired) electrons. The van der Waals surface area contributed by atoms with Crippen LogP contribution in [-0.2, 0) is 25.7 Å². The third kappa shape index (κ3) is 21.3. The number of hydrogen-bond donors (Lipinski definition) is 4. The molecule has 300 valence electrons. The largest absolute Gasteiger partial charge is 0.508 e. The molecule has 2 aromatic carbocycles. The summed E-state index contributed by atoms with van der Waals surface area (Å²) in [6.07, 6.45) is 20.3. The first-order valence-corrected chi connectivity index (χ1v) is 21.1. The smallest absolute Gasteiger partial charge is 0.126 e. The Hall–Kier alpha value is -2.44. The number of aliphatic hydroxyl groups excluding tert-OH is 2. The van der Waals surface area contributed by atoms with Crippen LogP contribution in [0.1, 0.15) is 168 Å². The van der Waals surface area contributed by atoms with Crippen LogP contribution in [0.25, 0.3) is 0 Å². The summed E-state index contributed by atoms with van der Waals surface area (Å²) in [6, 6.07) is 7.92. The molecular weight excluding hydrogens is 649 g/mol. The summed E-state index contributed by atoms with van der Waals surface area (Å²) in [5.41, 5.74) is 4.04. The Morgan fingerprint density at radius 2 is 0.865 bits per heavy atom. The number of hydrogen-bond acceptors (Lipinski definition) is 6. The highest BCUT2D eigenvalue weighted by atomic mass is 16.5. The topological polar surface area (TPSA) is 99.4 Å². The lowest BCUT2D eigenvalue weighted by Crippen LogP contribution is -2.06. The lowest BCUT2D eigenvalue weighted by molar-refractivity contribution is 0.199. The summed E-state index contributed by atoms with van der Waals surface area (Å²) in [4.78, 5) is 0. The average Bonchev–Trinajstić information content (AvgIpc) is 3.09. The van der Waals surface area contributed by atoms with Crippen molar-refractivity contribution >= 4 is 0 Å². The Bertz CT molecular complexity index is 1080. The Labute approximate surface area is 319 Å². The molecule has 0 aliphatic heterocycles. The number of ether oxygens (including phenoxy) is 2. The molecule has 2 aromatic rings. The van der Waals surface area contributed by atoms with Crippen LogP contribution >= 0.6 is 0 Å². The molecule has 6 heteroatoms. The van der Waals surface area contributed by atoms with Crippen LogP contribution in [0, 0.1) is 23.7 Å². The molecule has 6 nitrogen and oxygen atoms in total. The second-order valence-corrected chi connectivity index (χ2v) is 16.2. The van der Waals surface area contributed by atoms with Gasteiger partial charge in [0.05, 0.1) is 13.2 Å². The van der Waals surface area contributed by atoms with Crippen LogP contribution in [0.3, 0.4) is 0 Å². The second-order valence-electron chi connectivity index (χ2n) is 16.2. The third-order valence-electron chi connectivity index (χ3n) is 10.1. The molecule has 0 saturated carbocycles. The van der Waals surface area contributed by atoms with Gasteiger partial charge in [-0.3, -0.25) is 0 Å². The van der Waals surface area contributed by atoms with Gasteiger partial charge in [-0.1, -0.05) is 120 Å². The van der Waals surface area contributed by atoms with Gasteiger partial charge in [-0.2, -0.15) is 0 Å². The highest BCUT2D eigenvalue weighted by molar-refractivity contribution is 5.48. The van der Waals surface area contributed by atoms with Gasteiger partial charge >= 0.3 is 0 Å². The summed E-state index contributed by atoms with van der Waals surface area (Å²) in [5, 5.41) is 39.3. The zero-order valence-corrected chi connectivity index (χ0v) is 34.8. The van der Waals surface area contributed by atoms with Crippen molar-refractivity contribution < 1.29 is 29.9 Å². The first-order valence-electron chi connectivity index (χ1n) is 21.1. The van der Waals surface area contributed by atoms with Crippen molar-refractivity contribution in [2.75, 3.05) is 26.4 Å². The number of aliphatic hydroxyl groups is 2. The first kappa shape index (κ1) is 47.6. The van der Waals surface area contributed by atoms with E-state index in [4.69, 9.17) is 19.7 Å². The van der Waals surface area contributed by atoms with Crippen molar-refractivity contribution in [2.45, 2.75) is 171 Å². The molecule has 52 heavy (non-hydrogen) atoms. The van der Waals surface area contributed by atoms with E-state index in [1.807, 2.05) is 12.1 Å². The second kappa shape index (κ2) is 29.0. The van der Waals surface area contributed by atoms with Gasteiger partial charge in [-0.25, -0.2) is 0 Å². The Balaban J connectivity index is 0.000000520. The van der Waals surface area contributed by atoms with Crippen molar-refractivity contribution in [3.63, 3.8) is 0 Å². The zero-order valence-electron chi connectivity index (χ0n) is 34.8. The quantitative estimate of drug-likeness (QED) is 0.0651. The van der Waals surface area contributed by atoms with Crippen LogP contribution in [0.5, 0.6) is 23.0 Å². The standard InChI is InChI=1S/2C23H40O3/c2*1-5-6-7-11-20-16-22(25)21(23(17-20)26-15-14-24)13-12-19(4)10-8-9-18(2)3/h2*16-19,24-25H,5-15H2,1-4H3/t2*19-/m10/s1. The van der Waals surface area contributed by atoms with E-state index in [0.717, 1.165) is 97.0 Å². The molecule has 0 unspecified atom stereocenters. The van der Waals surface area contributed by atoms with E-state index in [-0.39, 0.29) is 26.4 Å². The van der Waals surface area contributed by atoms with E-state index < -0.39 is 0 Å². The van der Waals surface area contributed by atoms with E-state index >= 15 is 0 Å². The highest BCUT2D eigenvalue weighted by Crippen LogP contribution is 2.34. The van der Waals surface area contributed by atoms with Crippen molar-refractivity contribution in [3.05, 3.63) is 46.5 Å². The van der Waals surface area contributed by atoms with Gasteiger partial charge in [-0.05, 0) is 110 Å². The fraction of sp³-hybridized carbons (Fsp3) is 0.739. The van der Waals surface area contributed by atoms with Crippen molar-refractivity contribution in [3.8, 4) is 23.0 Å². The molecule has 2 atom stereocenters. The summed E-state index contributed by atoms with van der Waals surface area (Å²) < 4.78 is 11.5. The molecule has 0 amide bonds. The molecule has 0 aliphatic carbocycles. The van der Waals surface area contributed by atoms with Crippen LogP contribution in [-0.4, -0.2) is 46.9 Å². The lowest BCUT2D eigenvalue weighted by Gasteiger charge is -2.17. The molecular formula is C46H80O6. The normalized spacial score (nSPS) is 12.5. The minimum atomic E-state index is -0.00807.